The zero-order valence-electron chi connectivity index (χ0n) is 14.2. The second-order valence-electron chi connectivity index (χ2n) is 6.42. The van der Waals surface area contributed by atoms with Crippen LogP contribution in [-0.2, 0) is 22.4 Å². The van der Waals surface area contributed by atoms with Crippen molar-refractivity contribution in [3.63, 3.8) is 0 Å². The van der Waals surface area contributed by atoms with E-state index >= 15 is 0 Å². The fraction of sp³-hybridized carbons (Fsp3) is 0.350. The fourth-order valence-corrected chi connectivity index (χ4v) is 4.21. The summed E-state index contributed by atoms with van der Waals surface area (Å²) in [5.74, 6) is -0.285. The van der Waals surface area contributed by atoms with E-state index in [4.69, 9.17) is 4.74 Å². The maximum atomic E-state index is 12.7. The molecule has 2 N–H and O–H groups in total. The molecule has 1 aliphatic rings. The van der Waals surface area contributed by atoms with E-state index in [1.165, 1.54) is 12.7 Å². The maximum Gasteiger partial charge on any atom is 0.326 e. The van der Waals surface area contributed by atoms with Gasteiger partial charge in [0.2, 0.25) is 0 Å². The molecule has 2 aromatic rings. The average Bonchev–Trinajstić information content (AvgIpc) is 2.66. The van der Waals surface area contributed by atoms with Crippen LogP contribution in [-0.4, -0.2) is 30.3 Å². The Hall–Kier alpha value is -1.69. The van der Waals surface area contributed by atoms with Crippen LogP contribution < -0.4 is 5.32 Å². The summed E-state index contributed by atoms with van der Waals surface area (Å²) in [5.41, 5.74) is 2.48. The minimum absolute atomic E-state index is 0.0892. The number of hydrogen-bond acceptors (Lipinski definition) is 4. The number of carbonyl (C=O) groups is 1. The van der Waals surface area contributed by atoms with Crippen LogP contribution in [0.25, 0.3) is 0 Å². The topological polar surface area (TPSA) is 58.6 Å². The van der Waals surface area contributed by atoms with Crippen molar-refractivity contribution in [2.24, 2.45) is 0 Å². The first-order chi connectivity index (χ1) is 12.1. The van der Waals surface area contributed by atoms with Crippen molar-refractivity contribution in [2.75, 3.05) is 13.7 Å². The molecule has 0 aromatic heterocycles. The van der Waals surface area contributed by atoms with Gasteiger partial charge in [-0.1, -0.05) is 58.4 Å². The van der Waals surface area contributed by atoms with Crippen LogP contribution in [0.3, 0.4) is 0 Å². The highest BCUT2D eigenvalue weighted by atomic mass is 79.9. The average molecular weight is 404 g/mol. The van der Waals surface area contributed by atoms with Gasteiger partial charge in [-0.15, -0.1) is 0 Å². The Morgan fingerprint density at radius 1 is 1.28 bits per heavy atom. The Balaban J connectivity index is 1.94. The molecule has 0 heterocycles. The van der Waals surface area contributed by atoms with Crippen molar-refractivity contribution in [3.05, 3.63) is 69.7 Å². The zero-order valence-corrected chi connectivity index (χ0v) is 15.8. The molecule has 0 spiro atoms. The van der Waals surface area contributed by atoms with E-state index < -0.39 is 5.54 Å². The first-order valence-electron chi connectivity index (χ1n) is 8.38. The van der Waals surface area contributed by atoms with Crippen LogP contribution in [0, 0.1) is 0 Å². The fourth-order valence-electron chi connectivity index (χ4n) is 3.61. The minimum Gasteiger partial charge on any atom is -0.468 e. The van der Waals surface area contributed by atoms with Gasteiger partial charge in [0.05, 0.1) is 19.8 Å². The number of hydrogen-bond donors (Lipinski definition) is 2. The standard InChI is InChI=1S/C20H22BrNO3/c1-25-19(24)20(22-18(13-23)14-6-3-2-4-7-14)11-10-16-15(12-20)8-5-9-17(16)21/h2-9,18,22-23H,10-13H2,1H3/t18-,20+/m0/s1. The molecular weight excluding hydrogens is 382 g/mol. The van der Waals surface area contributed by atoms with Gasteiger partial charge in [0.15, 0.2) is 0 Å². The second-order valence-corrected chi connectivity index (χ2v) is 7.27. The van der Waals surface area contributed by atoms with Crippen molar-refractivity contribution in [1.82, 2.24) is 5.32 Å². The van der Waals surface area contributed by atoms with Crippen molar-refractivity contribution in [3.8, 4) is 0 Å². The quantitative estimate of drug-likeness (QED) is 0.752. The van der Waals surface area contributed by atoms with E-state index in [0.717, 1.165) is 22.0 Å². The van der Waals surface area contributed by atoms with Crippen LogP contribution in [0.5, 0.6) is 0 Å². The highest BCUT2D eigenvalue weighted by molar-refractivity contribution is 9.10. The number of carbonyl (C=O) groups excluding carboxylic acids is 1. The number of ether oxygens (including phenoxy) is 1. The van der Waals surface area contributed by atoms with Crippen molar-refractivity contribution in [1.29, 1.82) is 0 Å². The monoisotopic (exact) mass is 403 g/mol. The van der Waals surface area contributed by atoms with Crippen molar-refractivity contribution < 1.29 is 14.6 Å². The number of methoxy groups -OCH3 is 1. The molecule has 2 atom stereocenters. The van der Waals surface area contributed by atoms with Gasteiger partial charge in [-0.25, -0.2) is 0 Å². The van der Waals surface area contributed by atoms with Gasteiger partial charge in [0.25, 0.3) is 0 Å². The lowest BCUT2D eigenvalue weighted by Gasteiger charge is -2.39. The van der Waals surface area contributed by atoms with Gasteiger partial charge < -0.3 is 9.84 Å². The molecule has 0 aliphatic heterocycles. The molecule has 2 aromatic carbocycles. The van der Waals surface area contributed by atoms with E-state index in [1.807, 2.05) is 42.5 Å². The predicted octanol–water partition coefficient (Wildman–Crippen LogP) is 3.17. The molecule has 3 rings (SSSR count). The van der Waals surface area contributed by atoms with Crippen LogP contribution in [0.4, 0.5) is 0 Å². The normalized spacial score (nSPS) is 20.6. The van der Waals surface area contributed by atoms with Gasteiger partial charge >= 0.3 is 5.97 Å². The Morgan fingerprint density at radius 3 is 2.72 bits per heavy atom. The van der Waals surface area contributed by atoms with Gasteiger partial charge in [-0.2, -0.15) is 0 Å². The number of esters is 1. The van der Waals surface area contributed by atoms with E-state index in [2.05, 4.69) is 27.3 Å². The summed E-state index contributed by atoms with van der Waals surface area (Å²) in [5, 5.41) is 13.3. The smallest absolute Gasteiger partial charge is 0.326 e. The van der Waals surface area contributed by atoms with E-state index in [0.29, 0.717) is 12.8 Å². The third-order valence-corrected chi connectivity index (χ3v) is 5.66. The summed E-state index contributed by atoms with van der Waals surface area (Å²) in [7, 11) is 1.42. The Kier molecular flexibility index (Phi) is 5.57. The number of halogens is 1. The summed E-state index contributed by atoms with van der Waals surface area (Å²) in [6, 6.07) is 15.4. The zero-order chi connectivity index (χ0) is 17.9. The van der Waals surface area contributed by atoms with E-state index in [1.54, 1.807) is 0 Å². The SMILES string of the molecule is COC(=O)[C@@]1(N[C@@H](CO)c2ccccc2)CCc2c(Br)cccc2C1. The number of aliphatic hydroxyl groups excluding tert-OH is 1. The number of fused-ring (bicyclic) bond motifs is 1. The molecule has 5 heteroatoms. The molecule has 0 saturated heterocycles. The summed E-state index contributed by atoms with van der Waals surface area (Å²) in [4.78, 5) is 12.7. The Labute approximate surface area is 156 Å². The van der Waals surface area contributed by atoms with Crippen molar-refractivity contribution >= 4 is 21.9 Å². The molecular formula is C20H22BrNO3. The predicted molar refractivity (Wildman–Crippen MR) is 100 cm³/mol. The molecule has 0 unspecified atom stereocenters. The summed E-state index contributed by atoms with van der Waals surface area (Å²) in [6.45, 7) is -0.0892. The molecule has 0 fully saturated rings. The first kappa shape index (κ1) is 18.1. The van der Waals surface area contributed by atoms with E-state index in [9.17, 15) is 9.90 Å². The minimum atomic E-state index is -0.841. The maximum absolute atomic E-state index is 12.7. The lowest BCUT2D eigenvalue weighted by molar-refractivity contribution is -0.149. The van der Waals surface area contributed by atoms with Crippen LogP contribution in [0.2, 0.25) is 0 Å². The van der Waals surface area contributed by atoms with Crippen LogP contribution in [0.1, 0.15) is 29.2 Å². The van der Waals surface area contributed by atoms with Crippen molar-refractivity contribution in [2.45, 2.75) is 30.8 Å². The second kappa shape index (κ2) is 7.68. The number of nitrogens with one attached hydrogen (secondary N) is 1. The molecule has 4 nitrogen and oxygen atoms in total. The molecule has 0 saturated carbocycles. The molecule has 1 aliphatic carbocycles. The highest BCUT2D eigenvalue weighted by Crippen LogP contribution is 2.35. The van der Waals surface area contributed by atoms with Crippen LogP contribution in [0.15, 0.2) is 53.0 Å². The first-order valence-corrected chi connectivity index (χ1v) is 9.17. The third-order valence-electron chi connectivity index (χ3n) is 4.92. The lowest BCUT2D eigenvalue weighted by atomic mass is 9.77. The Morgan fingerprint density at radius 2 is 2.04 bits per heavy atom. The van der Waals surface area contributed by atoms with Crippen LogP contribution >= 0.6 is 15.9 Å². The molecule has 0 amide bonds. The number of aliphatic hydroxyl groups is 1. The summed E-state index contributed by atoms with van der Waals surface area (Å²) in [6.07, 6.45) is 1.93. The number of rotatable bonds is 5. The molecule has 25 heavy (non-hydrogen) atoms. The van der Waals surface area contributed by atoms with Gasteiger partial charge in [0.1, 0.15) is 5.54 Å². The molecule has 0 radical (unpaired) electrons. The Bertz CT molecular complexity index is 750. The number of benzene rings is 2. The molecule has 132 valence electrons. The lowest BCUT2D eigenvalue weighted by Crippen LogP contribution is -2.57. The van der Waals surface area contributed by atoms with E-state index in [-0.39, 0.29) is 18.6 Å². The largest absolute Gasteiger partial charge is 0.468 e. The third kappa shape index (κ3) is 3.64. The summed E-state index contributed by atoms with van der Waals surface area (Å²) < 4.78 is 6.20. The van der Waals surface area contributed by atoms with Gasteiger partial charge in [0, 0.05) is 10.9 Å². The highest BCUT2D eigenvalue weighted by Gasteiger charge is 2.44. The van der Waals surface area contributed by atoms with Gasteiger partial charge in [-0.05, 0) is 35.6 Å². The summed E-state index contributed by atoms with van der Waals surface area (Å²) >= 11 is 3.60. The molecule has 0 bridgehead atoms. The van der Waals surface area contributed by atoms with Gasteiger partial charge in [-0.3, -0.25) is 10.1 Å².